The summed E-state index contributed by atoms with van der Waals surface area (Å²) in [6.45, 7) is 5.96. The lowest BCUT2D eigenvalue weighted by molar-refractivity contribution is -0.162. The molecule has 2 aromatic rings. The highest BCUT2D eigenvalue weighted by molar-refractivity contribution is 5.97. The number of carbonyl (C=O) groups excluding carboxylic acids is 2. The van der Waals surface area contributed by atoms with Crippen molar-refractivity contribution in [1.29, 1.82) is 0 Å². The lowest BCUT2D eigenvalue weighted by Gasteiger charge is -2.24. The molecular formula is C18H25N5O7. The van der Waals surface area contributed by atoms with Gasteiger partial charge in [-0.3, -0.25) is 23.9 Å². The number of Topliss-reactive ketones (excluding diaryl/α,β-unsaturated/α-hetero) is 1. The number of aliphatic hydroxyl groups is 2. The van der Waals surface area contributed by atoms with Gasteiger partial charge in [-0.2, -0.15) is 4.98 Å². The number of nitrogen functional groups attached to an aromatic ring is 1. The van der Waals surface area contributed by atoms with Crippen LogP contribution >= 0.6 is 0 Å². The number of H-pyrrole nitrogens is 1. The SMILES string of the molecule is CC(C)C(=O)O[C@H]1[C@H](O)[C@@H](CO)O[C@H]1n1c(C(=O)C(C)C)nc2c(=O)[nH]c(N)nc21. The normalized spacial score (nSPS) is 24.1. The van der Waals surface area contributed by atoms with Gasteiger partial charge in [0.2, 0.25) is 11.7 Å². The fraction of sp³-hybridized carbons (Fsp3) is 0.611. The number of aromatic nitrogens is 4. The number of nitrogens with two attached hydrogens (primary N) is 1. The van der Waals surface area contributed by atoms with E-state index in [0.717, 1.165) is 0 Å². The zero-order valence-electron chi connectivity index (χ0n) is 17.0. The number of hydrogen-bond acceptors (Lipinski definition) is 10. The molecule has 0 radical (unpaired) electrons. The van der Waals surface area contributed by atoms with Gasteiger partial charge in [0.25, 0.3) is 5.56 Å². The average Bonchev–Trinajstić information content (AvgIpc) is 3.19. The van der Waals surface area contributed by atoms with Crippen molar-refractivity contribution in [3.63, 3.8) is 0 Å². The smallest absolute Gasteiger partial charge is 0.308 e. The number of carbonyl (C=O) groups is 2. The number of fused-ring (bicyclic) bond motifs is 1. The summed E-state index contributed by atoms with van der Waals surface area (Å²) in [5.41, 5.74) is 4.77. The van der Waals surface area contributed by atoms with Crippen LogP contribution in [0.15, 0.2) is 4.79 Å². The monoisotopic (exact) mass is 423 g/mol. The van der Waals surface area contributed by atoms with Crippen LogP contribution in [0.3, 0.4) is 0 Å². The van der Waals surface area contributed by atoms with E-state index in [1.165, 1.54) is 4.57 Å². The Bertz CT molecular complexity index is 1030. The van der Waals surface area contributed by atoms with Crippen LogP contribution in [0.25, 0.3) is 11.2 Å². The quantitative estimate of drug-likeness (QED) is 0.344. The minimum absolute atomic E-state index is 0.0679. The minimum Gasteiger partial charge on any atom is -0.454 e. The van der Waals surface area contributed by atoms with Crippen molar-refractivity contribution in [3.05, 3.63) is 16.2 Å². The highest BCUT2D eigenvalue weighted by atomic mass is 16.6. The van der Waals surface area contributed by atoms with Gasteiger partial charge in [0.05, 0.1) is 12.5 Å². The molecule has 0 saturated carbocycles. The Kier molecular flexibility index (Phi) is 5.92. The fourth-order valence-corrected chi connectivity index (χ4v) is 3.15. The van der Waals surface area contributed by atoms with E-state index in [1.807, 2.05) is 0 Å². The first kappa shape index (κ1) is 21.9. The van der Waals surface area contributed by atoms with Crippen LogP contribution in [0.4, 0.5) is 5.95 Å². The van der Waals surface area contributed by atoms with Gasteiger partial charge in [-0.05, 0) is 0 Å². The predicted molar refractivity (Wildman–Crippen MR) is 103 cm³/mol. The van der Waals surface area contributed by atoms with Gasteiger partial charge in [0.15, 0.2) is 29.3 Å². The molecule has 2 aromatic heterocycles. The van der Waals surface area contributed by atoms with Crippen LogP contribution in [-0.2, 0) is 14.3 Å². The lowest BCUT2D eigenvalue weighted by atomic mass is 10.1. The number of imidazole rings is 1. The summed E-state index contributed by atoms with van der Waals surface area (Å²) < 4.78 is 12.3. The maximum absolute atomic E-state index is 12.8. The molecule has 1 fully saturated rings. The Labute approximate surface area is 171 Å². The first-order valence-electron chi connectivity index (χ1n) is 9.53. The maximum atomic E-state index is 12.8. The Hall–Kier alpha value is -2.83. The number of nitrogens with zero attached hydrogens (tertiary/aromatic N) is 3. The van der Waals surface area contributed by atoms with Crippen LogP contribution in [-0.4, -0.2) is 66.4 Å². The Morgan fingerprint density at radius 1 is 1.27 bits per heavy atom. The van der Waals surface area contributed by atoms with Crippen molar-refractivity contribution in [2.45, 2.75) is 52.2 Å². The highest BCUT2D eigenvalue weighted by Gasteiger charge is 2.49. The van der Waals surface area contributed by atoms with Crippen LogP contribution in [0.2, 0.25) is 0 Å². The van der Waals surface area contributed by atoms with E-state index in [0.29, 0.717) is 0 Å². The summed E-state index contributed by atoms with van der Waals surface area (Å²) in [5, 5.41) is 20.1. The van der Waals surface area contributed by atoms with Crippen molar-refractivity contribution in [1.82, 2.24) is 19.5 Å². The third kappa shape index (κ3) is 3.68. The van der Waals surface area contributed by atoms with Crippen molar-refractivity contribution >= 4 is 28.9 Å². The number of hydrogen-bond donors (Lipinski definition) is 4. The molecule has 4 atom stereocenters. The molecule has 0 amide bonds. The molecule has 1 saturated heterocycles. The van der Waals surface area contributed by atoms with E-state index < -0.39 is 60.3 Å². The van der Waals surface area contributed by atoms with Crippen LogP contribution in [0, 0.1) is 11.8 Å². The molecule has 5 N–H and O–H groups in total. The lowest BCUT2D eigenvalue weighted by Crippen LogP contribution is -2.38. The van der Waals surface area contributed by atoms with Crippen molar-refractivity contribution in [2.75, 3.05) is 12.3 Å². The third-order valence-electron chi connectivity index (χ3n) is 4.78. The summed E-state index contributed by atoms with van der Waals surface area (Å²) in [7, 11) is 0. The van der Waals surface area contributed by atoms with E-state index in [-0.39, 0.29) is 22.9 Å². The van der Waals surface area contributed by atoms with Crippen LogP contribution in [0.5, 0.6) is 0 Å². The van der Waals surface area contributed by atoms with Crippen LogP contribution in [0.1, 0.15) is 44.5 Å². The molecule has 0 aliphatic carbocycles. The summed E-state index contributed by atoms with van der Waals surface area (Å²) >= 11 is 0. The van der Waals surface area contributed by atoms with Crippen molar-refractivity contribution < 1.29 is 29.3 Å². The first-order chi connectivity index (χ1) is 14.1. The molecule has 0 bridgehead atoms. The summed E-state index contributed by atoms with van der Waals surface area (Å²) in [6.07, 6.45) is -5.04. The molecule has 0 unspecified atom stereocenters. The maximum Gasteiger partial charge on any atom is 0.308 e. The van der Waals surface area contributed by atoms with E-state index in [9.17, 15) is 24.6 Å². The van der Waals surface area contributed by atoms with E-state index >= 15 is 0 Å². The summed E-state index contributed by atoms with van der Waals surface area (Å²) in [6, 6.07) is 0. The predicted octanol–water partition coefficient (Wildman–Crippen LogP) is -0.641. The number of nitrogens with one attached hydrogen (secondary N) is 1. The number of aromatic amines is 1. The molecule has 0 aromatic carbocycles. The Morgan fingerprint density at radius 3 is 2.50 bits per heavy atom. The minimum atomic E-state index is -1.39. The number of rotatable bonds is 6. The molecule has 3 rings (SSSR count). The molecule has 12 nitrogen and oxygen atoms in total. The standard InChI is InChI=1S/C18H25N5O7/c1-6(2)10(25)14-20-9-13(21-18(19)22-15(9)27)23(14)16-12(30-17(28)7(3)4)11(26)8(5-24)29-16/h6-8,11-12,16,24,26H,5H2,1-4H3,(H3,19,21,22,27)/t8-,11-,12+,16-/m1/s1. The second-order valence-electron chi connectivity index (χ2n) is 7.74. The Balaban J connectivity index is 2.23. The molecule has 1 aliphatic rings. The second-order valence-corrected chi connectivity index (χ2v) is 7.74. The third-order valence-corrected chi connectivity index (χ3v) is 4.78. The van der Waals surface area contributed by atoms with Gasteiger partial charge in [-0.25, -0.2) is 4.98 Å². The van der Waals surface area contributed by atoms with Gasteiger partial charge < -0.3 is 25.4 Å². The molecule has 164 valence electrons. The molecule has 12 heteroatoms. The number of ether oxygens (including phenoxy) is 2. The van der Waals surface area contributed by atoms with Crippen LogP contribution < -0.4 is 11.3 Å². The number of ketones is 1. The van der Waals surface area contributed by atoms with Gasteiger partial charge >= 0.3 is 5.97 Å². The van der Waals surface area contributed by atoms with Gasteiger partial charge in [-0.1, -0.05) is 27.7 Å². The van der Waals surface area contributed by atoms with E-state index in [4.69, 9.17) is 15.2 Å². The van der Waals surface area contributed by atoms with Gasteiger partial charge in [-0.15, -0.1) is 0 Å². The van der Waals surface area contributed by atoms with Gasteiger partial charge in [0, 0.05) is 5.92 Å². The zero-order chi connectivity index (χ0) is 22.3. The molecule has 1 aliphatic heterocycles. The number of anilines is 1. The molecule has 30 heavy (non-hydrogen) atoms. The fourth-order valence-electron chi connectivity index (χ4n) is 3.15. The average molecular weight is 423 g/mol. The second kappa shape index (κ2) is 8.13. The number of esters is 1. The topological polar surface area (TPSA) is 183 Å². The summed E-state index contributed by atoms with van der Waals surface area (Å²) in [5.74, 6) is -2.41. The van der Waals surface area contributed by atoms with Crippen molar-refractivity contribution in [2.24, 2.45) is 11.8 Å². The molecule has 3 heterocycles. The Morgan fingerprint density at radius 2 is 1.93 bits per heavy atom. The highest BCUT2D eigenvalue weighted by Crippen LogP contribution is 2.35. The van der Waals surface area contributed by atoms with E-state index in [1.54, 1.807) is 27.7 Å². The first-order valence-corrected chi connectivity index (χ1v) is 9.53. The number of aliphatic hydroxyl groups excluding tert-OH is 2. The largest absolute Gasteiger partial charge is 0.454 e. The summed E-state index contributed by atoms with van der Waals surface area (Å²) in [4.78, 5) is 47.9. The zero-order valence-corrected chi connectivity index (χ0v) is 17.0. The molecular weight excluding hydrogens is 398 g/mol. The van der Waals surface area contributed by atoms with Crippen molar-refractivity contribution in [3.8, 4) is 0 Å². The van der Waals surface area contributed by atoms with Gasteiger partial charge in [0.1, 0.15) is 12.2 Å². The molecule has 0 spiro atoms. The van der Waals surface area contributed by atoms with E-state index in [2.05, 4.69) is 15.0 Å².